The number of carbonyl (C=O) groups excluding carboxylic acids is 1. The molecule has 1 aromatic carbocycles. The van der Waals surface area contributed by atoms with Gasteiger partial charge in [0.25, 0.3) is 0 Å². The molecule has 0 spiro atoms. The van der Waals surface area contributed by atoms with E-state index >= 15 is 0 Å². The fourth-order valence-electron chi connectivity index (χ4n) is 1.85. The van der Waals surface area contributed by atoms with Crippen molar-refractivity contribution in [2.24, 2.45) is 0 Å². The zero-order valence-electron chi connectivity index (χ0n) is 10.0. The fraction of sp³-hybridized carbons (Fsp3) is 0.462. The first-order chi connectivity index (χ1) is 8.29. The van der Waals surface area contributed by atoms with Crippen LogP contribution in [0.5, 0.6) is 5.75 Å². The number of Topliss-reactive ketones (excluding diaryl/α,β-unsaturated/α-hetero) is 1. The van der Waals surface area contributed by atoms with Gasteiger partial charge in [-0.25, -0.2) is 0 Å². The number of ketones is 1. The number of benzene rings is 1. The highest BCUT2D eigenvalue weighted by Gasteiger charge is 2.15. The Morgan fingerprint density at radius 1 is 1.41 bits per heavy atom. The van der Waals surface area contributed by atoms with Crippen molar-refractivity contribution in [3.05, 3.63) is 29.8 Å². The highest BCUT2D eigenvalue weighted by atomic mass is 32.2. The smallest absolute Gasteiger partial charge is 0.176 e. The lowest BCUT2D eigenvalue weighted by molar-refractivity contribution is 0.0937. The largest absolute Gasteiger partial charge is 0.497 e. The Bertz CT molecular complexity index is 389. The normalized spacial score (nSPS) is 16.8. The van der Waals surface area contributed by atoms with Crippen molar-refractivity contribution in [1.82, 2.24) is 4.90 Å². The lowest BCUT2D eigenvalue weighted by atomic mass is 10.1. The SMILES string of the molecule is COc1cccc(C(=O)CN2CCSCC2)c1. The van der Waals surface area contributed by atoms with Gasteiger partial charge in [-0.1, -0.05) is 12.1 Å². The minimum absolute atomic E-state index is 0.177. The van der Waals surface area contributed by atoms with Crippen LogP contribution in [-0.2, 0) is 0 Å². The van der Waals surface area contributed by atoms with Gasteiger partial charge in [0.2, 0.25) is 0 Å². The fourth-order valence-corrected chi connectivity index (χ4v) is 2.83. The second-order valence-corrected chi connectivity index (χ2v) is 5.27. The summed E-state index contributed by atoms with van der Waals surface area (Å²) in [5, 5.41) is 0. The third-order valence-electron chi connectivity index (χ3n) is 2.86. The zero-order valence-corrected chi connectivity index (χ0v) is 10.8. The summed E-state index contributed by atoms with van der Waals surface area (Å²) in [5.74, 6) is 3.18. The number of rotatable bonds is 4. The maximum atomic E-state index is 12.1. The molecule has 2 rings (SSSR count). The van der Waals surface area contributed by atoms with E-state index in [1.54, 1.807) is 13.2 Å². The van der Waals surface area contributed by atoms with Gasteiger partial charge in [-0.15, -0.1) is 0 Å². The number of ether oxygens (including phenoxy) is 1. The topological polar surface area (TPSA) is 29.5 Å². The van der Waals surface area contributed by atoms with Crippen LogP contribution in [0.3, 0.4) is 0 Å². The van der Waals surface area contributed by atoms with E-state index in [4.69, 9.17) is 4.74 Å². The lowest BCUT2D eigenvalue weighted by Crippen LogP contribution is -2.36. The number of hydrogen-bond donors (Lipinski definition) is 0. The van der Waals surface area contributed by atoms with Gasteiger partial charge in [-0.3, -0.25) is 9.69 Å². The molecule has 0 unspecified atom stereocenters. The van der Waals surface area contributed by atoms with Gasteiger partial charge in [0.1, 0.15) is 5.75 Å². The monoisotopic (exact) mass is 251 g/mol. The average Bonchev–Trinajstić information content (AvgIpc) is 2.40. The first kappa shape index (κ1) is 12.5. The van der Waals surface area contributed by atoms with Crippen LogP contribution in [0.2, 0.25) is 0 Å². The number of thioether (sulfide) groups is 1. The Hall–Kier alpha value is -1.00. The summed E-state index contributed by atoms with van der Waals surface area (Å²) in [6.45, 7) is 2.55. The van der Waals surface area contributed by atoms with Crippen LogP contribution in [0.1, 0.15) is 10.4 Å². The molecule has 1 aliphatic heterocycles. The molecular formula is C13H17NO2S. The van der Waals surface area contributed by atoms with E-state index in [2.05, 4.69) is 4.90 Å². The quantitative estimate of drug-likeness (QED) is 0.765. The van der Waals surface area contributed by atoms with E-state index in [0.29, 0.717) is 6.54 Å². The van der Waals surface area contributed by atoms with E-state index in [1.807, 2.05) is 30.0 Å². The van der Waals surface area contributed by atoms with Crippen LogP contribution in [0.4, 0.5) is 0 Å². The van der Waals surface area contributed by atoms with Crippen LogP contribution >= 0.6 is 11.8 Å². The number of nitrogens with zero attached hydrogens (tertiary/aromatic N) is 1. The molecule has 0 saturated carbocycles. The number of methoxy groups -OCH3 is 1. The summed E-state index contributed by atoms with van der Waals surface area (Å²) < 4.78 is 5.13. The third kappa shape index (κ3) is 3.48. The predicted molar refractivity (Wildman–Crippen MR) is 71.1 cm³/mol. The maximum Gasteiger partial charge on any atom is 0.176 e. The van der Waals surface area contributed by atoms with Crippen molar-refractivity contribution < 1.29 is 9.53 Å². The van der Waals surface area contributed by atoms with E-state index in [-0.39, 0.29) is 5.78 Å². The summed E-state index contributed by atoms with van der Waals surface area (Å²) in [7, 11) is 1.62. The molecule has 0 bridgehead atoms. The van der Waals surface area contributed by atoms with Crippen molar-refractivity contribution in [3.8, 4) is 5.75 Å². The van der Waals surface area contributed by atoms with Crippen LogP contribution < -0.4 is 4.74 Å². The summed E-state index contributed by atoms with van der Waals surface area (Å²) in [5.41, 5.74) is 0.738. The van der Waals surface area contributed by atoms with Gasteiger partial charge in [-0.05, 0) is 12.1 Å². The van der Waals surface area contributed by atoms with Crippen molar-refractivity contribution >= 4 is 17.5 Å². The predicted octanol–water partition coefficient (Wildman–Crippen LogP) is 1.93. The van der Waals surface area contributed by atoms with Gasteiger partial charge < -0.3 is 4.74 Å². The van der Waals surface area contributed by atoms with Gasteiger partial charge in [0, 0.05) is 30.2 Å². The molecule has 0 aromatic heterocycles. The molecule has 1 aliphatic rings. The molecule has 3 nitrogen and oxygen atoms in total. The Morgan fingerprint density at radius 3 is 2.88 bits per heavy atom. The molecule has 0 radical (unpaired) electrons. The second-order valence-electron chi connectivity index (χ2n) is 4.04. The van der Waals surface area contributed by atoms with E-state index in [1.165, 1.54) is 0 Å². The van der Waals surface area contributed by atoms with Crippen LogP contribution in [0.15, 0.2) is 24.3 Å². The number of hydrogen-bond acceptors (Lipinski definition) is 4. The summed E-state index contributed by atoms with van der Waals surface area (Å²) >= 11 is 1.95. The molecule has 0 aliphatic carbocycles. The minimum Gasteiger partial charge on any atom is -0.497 e. The second kappa shape index (κ2) is 6.07. The van der Waals surface area contributed by atoms with Crippen molar-refractivity contribution in [1.29, 1.82) is 0 Å². The van der Waals surface area contributed by atoms with E-state index in [9.17, 15) is 4.79 Å². The summed E-state index contributed by atoms with van der Waals surface area (Å²) in [6, 6.07) is 7.37. The highest BCUT2D eigenvalue weighted by Crippen LogP contribution is 2.14. The molecule has 0 atom stereocenters. The standard InChI is InChI=1S/C13H17NO2S/c1-16-12-4-2-3-11(9-12)13(15)10-14-5-7-17-8-6-14/h2-4,9H,5-8,10H2,1H3. The van der Waals surface area contributed by atoms with Gasteiger partial charge >= 0.3 is 0 Å². The lowest BCUT2D eigenvalue weighted by Gasteiger charge is -2.25. The van der Waals surface area contributed by atoms with Crippen LogP contribution in [-0.4, -0.2) is 48.9 Å². The molecule has 4 heteroatoms. The van der Waals surface area contributed by atoms with Crippen molar-refractivity contribution in [2.45, 2.75) is 0 Å². The molecule has 0 N–H and O–H groups in total. The van der Waals surface area contributed by atoms with Crippen molar-refractivity contribution in [2.75, 3.05) is 38.2 Å². The number of carbonyl (C=O) groups is 1. The minimum atomic E-state index is 0.177. The Morgan fingerprint density at radius 2 is 2.18 bits per heavy atom. The molecule has 1 aromatic rings. The summed E-state index contributed by atoms with van der Waals surface area (Å²) in [4.78, 5) is 14.3. The van der Waals surface area contributed by atoms with Gasteiger partial charge in [0.15, 0.2) is 5.78 Å². The molecule has 1 saturated heterocycles. The van der Waals surface area contributed by atoms with E-state index < -0.39 is 0 Å². The Kier molecular flexibility index (Phi) is 4.45. The zero-order chi connectivity index (χ0) is 12.1. The highest BCUT2D eigenvalue weighted by molar-refractivity contribution is 7.99. The Balaban J connectivity index is 1.98. The van der Waals surface area contributed by atoms with E-state index in [0.717, 1.165) is 35.9 Å². The molecule has 92 valence electrons. The molecule has 17 heavy (non-hydrogen) atoms. The summed E-state index contributed by atoms with van der Waals surface area (Å²) in [6.07, 6.45) is 0. The molecule has 1 heterocycles. The maximum absolute atomic E-state index is 12.1. The van der Waals surface area contributed by atoms with Crippen LogP contribution in [0.25, 0.3) is 0 Å². The van der Waals surface area contributed by atoms with Gasteiger partial charge in [-0.2, -0.15) is 11.8 Å². The first-order valence-electron chi connectivity index (χ1n) is 5.77. The Labute approximate surface area is 106 Å². The molecular weight excluding hydrogens is 234 g/mol. The molecule has 0 amide bonds. The van der Waals surface area contributed by atoms with Gasteiger partial charge in [0.05, 0.1) is 13.7 Å². The average molecular weight is 251 g/mol. The van der Waals surface area contributed by atoms with Crippen LogP contribution in [0, 0.1) is 0 Å². The molecule has 1 fully saturated rings. The first-order valence-corrected chi connectivity index (χ1v) is 6.92. The third-order valence-corrected chi connectivity index (χ3v) is 3.81. The van der Waals surface area contributed by atoms with Crippen molar-refractivity contribution in [3.63, 3.8) is 0 Å².